The molecule has 3 aromatic carbocycles. The molecular weight excluding hydrogens is 368 g/mol. The maximum Gasteiger partial charge on any atom is 0.261 e. The van der Waals surface area contributed by atoms with Crippen LogP contribution in [0.15, 0.2) is 72.8 Å². The van der Waals surface area contributed by atoms with Crippen molar-refractivity contribution in [2.75, 3.05) is 12.4 Å². The largest absolute Gasteiger partial charge is 0.489 e. The van der Waals surface area contributed by atoms with Crippen LogP contribution in [0.5, 0.6) is 5.75 Å². The van der Waals surface area contributed by atoms with Gasteiger partial charge in [-0.1, -0.05) is 30.3 Å². The predicted octanol–water partition coefficient (Wildman–Crippen LogP) is 3.74. The van der Waals surface area contributed by atoms with Crippen molar-refractivity contribution in [2.24, 2.45) is 0 Å². The lowest BCUT2D eigenvalue weighted by molar-refractivity contribution is 0.0692. The molecule has 0 aromatic heterocycles. The summed E-state index contributed by atoms with van der Waals surface area (Å²) in [6.07, 6.45) is 0. The van der Waals surface area contributed by atoms with Crippen LogP contribution < -0.4 is 10.1 Å². The second kappa shape index (κ2) is 7.59. The Morgan fingerprint density at radius 3 is 2.31 bits per heavy atom. The standard InChI is InChI=1S/C23H18N2O4/c1-25-22(27)19-12-9-17(13-20(19)23(25)28)24-21(26)16-7-10-18(11-8-16)29-14-15-5-3-2-4-6-15/h2-13H,14H2,1H3,(H,24,26). The molecule has 3 aromatic rings. The molecule has 0 saturated carbocycles. The number of amides is 3. The summed E-state index contributed by atoms with van der Waals surface area (Å²) in [5.74, 6) is -0.366. The van der Waals surface area contributed by atoms with E-state index in [0.717, 1.165) is 10.5 Å². The zero-order chi connectivity index (χ0) is 20.4. The quantitative estimate of drug-likeness (QED) is 0.678. The molecule has 1 N–H and O–H groups in total. The van der Waals surface area contributed by atoms with Crippen molar-refractivity contribution in [3.8, 4) is 5.75 Å². The molecule has 0 fully saturated rings. The van der Waals surface area contributed by atoms with Crippen LogP contribution in [0.2, 0.25) is 0 Å². The van der Waals surface area contributed by atoms with E-state index >= 15 is 0 Å². The molecule has 0 saturated heterocycles. The highest BCUT2D eigenvalue weighted by Gasteiger charge is 2.32. The first-order valence-electron chi connectivity index (χ1n) is 9.07. The van der Waals surface area contributed by atoms with E-state index in [0.29, 0.717) is 34.7 Å². The average Bonchev–Trinajstić information content (AvgIpc) is 2.97. The molecule has 144 valence electrons. The monoisotopic (exact) mass is 386 g/mol. The Balaban J connectivity index is 1.42. The average molecular weight is 386 g/mol. The number of carbonyl (C=O) groups excluding carboxylic acids is 3. The Morgan fingerprint density at radius 2 is 1.59 bits per heavy atom. The van der Waals surface area contributed by atoms with Gasteiger partial charge in [-0.2, -0.15) is 0 Å². The second-order valence-corrected chi connectivity index (χ2v) is 6.68. The van der Waals surface area contributed by atoms with Crippen molar-refractivity contribution in [2.45, 2.75) is 6.61 Å². The van der Waals surface area contributed by atoms with E-state index in [2.05, 4.69) is 5.32 Å². The Bertz CT molecular complexity index is 1090. The topological polar surface area (TPSA) is 75.7 Å². The maximum absolute atomic E-state index is 12.5. The van der Waals surface area contributed by atoms with E-state index in [1.165, 1.54) is 13.1 Å². The first kappa shape index (κ1) is 18.4. The van der Waals surface area contributed by atoms with E-state index < -0.39 is 0 Å². The number of hydrogen-bond donors (Lipinski definition) is 1. The lowest BCUT2D eigenvalue weighted by Gasteiger charge is -2.09. The molecule has 0 bridgehead atoms. The number of nitrogens with zero attached hydrogens (tertiary/aromatic N) is 1. The summed E-state index contributed by atoms with van der Waals surface area (Å²) in [4.78, 5) is 37.6. The molecule has 1 heterocycles. The molecule has 4 rings (SSSR count). The molecule has 0 radical (unpaired) electrons. The van der Waals surface area contributed by atoms with Gasteiger partial charge >= 0.3 is 0 Å². The molecule has 0 aliphatic carbocycles. The zero-order valence-corrected chi connectivity index (χ0v) is 15.7. The highest BCUT2D eigenvalue weighted by molar-refractivity contribution is 6.21. The highest BCUT2D eigenvalue weighted by Crippen LogP contribution is 2.25. The molecule has 1 aliphatic rings. The van der Waals surface area contributed by atoms with Crippen molar-refractivity contribution in [1.29, 1.82) is 0 Å². The van der Waals surface area contributed by atoms with Crippen molar-refractivity contribution in [3.63, 3.8) is 0 Å². The van der Waals surface area contributed by atoms with Crippen molar-refractivity contribution in [1.82, 2.24) is 4.90 Å². The van der Waals surface area contributed by atoms with Gasteiger partial charge in [0.1, 0.15) is 12.4 Å². The summed E-state index contributed by atoms with van der Waals surface area (Å²) in [5.41, 5.74) is 2.60. The minimum atomic E-state index is -0.374. The molecule has 3 amide bonds. The summed E-state index contributed by atoms with van der Waals surface area (Å²) in [6.45, 7) is 0.447. The Labute approximate surface area is 167 Å². The first-order valence-corrected chi connectivity index (χ1v) is 9.07. The minimum absolute atomic E-state index is 0.292. The fraction of sp³-hybridized carbons (Fsp3) is 0.0870. The van der Waals surface area contributed by atoms with Crippen molar-refractivity contribution in [3.05, 3.63) is 95.1 Å². The lowest BCUT2D eigenvalue weighted by atomic mass is 10.1. The Morgan fingerprint density at radius 1 is 0.897 bits per heavy atom. The number of benzene rings is 3. The van der Waals surface area contributed by atoms with Gasteiger partial charge in [-0.3, -0.25) is 19.3 Å². The van der Waals surface area contributed by atoms with Gasteiger partial charge in [-0.25, -0.2) is 0 Å². The van der Waals surface area contributed by atoms with E-state index in [1.807, 2.05) is 30.3 Å². The normalized spacial score (nSPS) is 12.7. The lowest BCUT2D eigenvalue weighted by Crippen LogP contribution is -2.24. The molecule has 0 unspecified atom stereocenters. The van der Waals surface area contributed by atoms with Gasteiger partial charge in [0, 0.05) is 18.3 Å². The number of hydrogen-bond acceptors (Lipinski definition) is 4. The third kappa shape index (κ3) is 3.73. The van der Waals surface area contributed by atoms with Crippen molar-refractivity contribution < 1.29 is 19.1 Å². The maximum atomic E-state index is 12.5. The first-order chi connectivity index (χ1) is 14.0. The summed E-state index contributed by atoms with van der Waals surface area (Å²) >= 11 is 0. The van der Waals surface area contributed by atoms with Crippen LogP contribution >= 0.6 is 0 Å². The number of ether oxygens (including phenoxy) is 1. The van der Waals surface area contributed by atoms with Gasteiger partial charge < -0.3 is 10.1 Å². The van der Waals surface area contributed by atoms with Gasteiger partial charge in [0.05, 0.1) is 11.1 Å². The number of imide groups is 1. The van der Waals surface area contributed by atoms with Gasteiger partial charge in [-0.15, -0.1) is 0 Å². The zero-order valence-electron chi connectivity index (χ0n) is 15.7. The number of rotatable bonds is 5. The molecule has 1 aliphatic heterocycles. The van der Waals surface area contributed by atoms with Gasteiger partial charge in [0.25, 0.3) is 17.7 Å². The van der Waals surface area contributed by atoms with E-state index in [1.54, 1.807) is 36.4 Å². The Hall–Kier alpha value is -3.93. The fourth-order valence-corrected chi connectivity index (χ4v) is 3.09. The van der Waals surface area contributed by atoms with Gasteiger partial charge in [0.15, 0.2) is 0 Å². The van der Waals surface area contributed by atoms with Crippen LogP contribution in [-0.4, -0.2) is 29.7 Å². The molecule has 6 nitrogen and oxygen atoms in total. The summed E-state index contributed by atoms with van der Waals surface area (Å²) < 4.78 is 5.72. The second-order valence-electron chi connectivity index (χ2n) is 6.68. The van der Waals surface area contributed by atoms with Gasteiger partial charge in [0.2, 0.25) is 0 Å². The minimum Gasteiger partial charge on any atom is -0.489 e. The van der Waals surface area contributed by atoms with E-state index in [-0.39, 0.29) is 17.7 Å². The predicted molar refractivity (Wildman–Crippen MR) is 108 cm³/mol. The highest BCUT2D eigenvalue weighted by atomic mass is 16.5. The van der Waals surface area contributed by atoms with Crippen LogP contribution in [0, 0.1) is 0 Å². The number of fused-ring (bicyclic) bond motifs is 1. The SMILES string of the molecule is CN1C(=O)c2ccc(NC(=O)c3ccc(OCc4ccccc4)cc3)cc2C1=O. The van der Waals surface area contributed by atoms with Gasteiger partial charge in [-0.05, 0) is 48.0 Å². The third-order valence-corrected chi connectivity index (χ3v) is 4.71. The number of carbonyl (C=O) groups is 3. The van der Waals surface area contributed by atoms with Crippen LogP contribution in [0.4, 0.5) is 5.69 Å². The molecule has 0 spiro atoms. The third-order valence-electron chi connectivity index (χ3n) is 4.71. The van der Waals surface area contributed by atoms with Crippen LogP contribution in [-0.2, 0) is 6.61 Å². The van der Waals surface area contributed by atoms with Crippen LogP contribution in [0.1, 0.15) is 36.6 Å². The molecule has 6 heteroatoms. The van der Waals surface area contributed by atoms with E-state index in [4.69, 9.17) is 4.74 Å². The fourth-order valence-electron chi connectivity index (χ4n) is 3.09. The van der Waals surface area contributed by atoms with E-state index in [9.17, 15) is 14.4 Å². The van der Waals surface area contributed by atoms with Crippen LogP contribution in [0.25, 0.3) is 0 Å². The summed E-state index contributed by atoms with van der Waals surface area (Å²) in [5, 5.41) is 2.75. The smallest absolute Gasteiger partial charge is 0.261 e. The molecular formula is C23H18N2O4. The van der Waals surface area contributed by atoms with Crippen molar-refractivity contribution >= 4 is 23.4 Å². The number of nitrogens with one attached hydrogen (secondary N) is 1. The number of anilines is 1. The molecule has 29 heavy (non-hydrogen) atoms. The van der Waals surface area contributed by atoms with Crippen LogP contribution in [0.3, 0.4) is 0 Å². The summed E-state index contributed by atoms with van der Waals surface area (Å²) in [7, 11) is 1.43. The summed E-state index contributed by atoms with van der Waals surface area (Å²) in [6, 6.07) is 21.3. The Kier molecular flexibility index (Phi) is 4.83. The molecule has 0 atom stereocenters.